The van der Waals surface area contributed by atoms with E-state index in [0.717, 1.165) is 37.8 Å². The number of carbonyl (C=O) groups excluding carboxylic acids is 2. The van der Waals surface area contributed by atoms with Crippen LogP contribution in [0.15, 0.2) is 30.3 Å². The molecule has 0 saturated heterocycles. The summed E-state index contributed by atoms with van der Waals surface area (Å²) in [5.41, 5.74) is 0.922. The molecule has 1 aromatic rings. The van der Waals surface area contributed by atoms with Gasteiger partial charge in [-0.2, -0.15) is 0 Å². The minimum Gasteiger partial charge on any atom is -0.467 e. The number of aliphatic hydroxyl groups is 1. The molecular weight excluding hydrogens is 404 g/mol. The molecule has 7 heteroatoms. The number of benzene rings is 1. The van der Waals surface area contributed by atoms with Crippen molar-refractivity contribution in [2.24, 2.45) is 11.8 Å². The van der Waals surface area contributed by atoms with Crippen LogP contribution in [-0.4, -0.2) is 55.2 Å². The summed E-state index contributed by atoms with van der Waals surface area (Å²) in [4.78, 5) is 25.1. The van der Waals surface area contributed by atoms with Crippen LogP contribution in [0.4, 0.5) is 0 Å². The van der Waals surface area contributed by atoms with E-state index in [1.54, 1.807) is 0 Å². The molecule has 5 atom stereocenters. The Kier molecular flexibility index (Phi) is 10.6. The standard InChI is InChI=1S/C23H35ClN2O4/c1-25-12-8-4-7-11-17-14-21(27)18(15-19(17)24)22(28)26-20(23(29)30-2)13-16-9-5-3-6-10-16/h3,5-6,9-10,17-21,25,27H,4,7-8,11-15H2,1-2H3,(H,26,28)/t17?,18?,19?,20-,21?/m0/s1. The maximum absolute atomic E-state index is 12.9. The topological polar surface area (TPSA) is 87.7 Å². The SMILES string of the molecule is CNCCCCCC1CC(O)C(C(=O)N[C@@H](Cc2ccccc2)C(=O)OC)CC1Cl. The van der Waals surface area contributed by atoms with Gasteiger partial charge in [0.25, 0.3) is 0 Å². The lowest BCUT2D eigenvalue weighted by Crippen LogP contribution is -2.50. The lowest BCUT2D eigenvalue weighted by molar-refractivity contribution is -0.146. The number of nitrogens with one attached hydrogen (secondary N) is 2. The van der Waals surface area contributed by atoms with Crippen molar-refractivity contribution >= 4 is 23.5 Å². The van der Waals surface area contributed by atoms with Crippen LogP contribution in [0.25, 0.3) is 0 Å². The van der Waals surface area contributed by atoms with Crippen LogP contribution in [0.1, 0.15) is 44.1 Å². The Bertz CT molecular complexity index is 658. The molecule has 4 unspecified atom stereocenters. The number of carbonyl (C=O) groups is 2. The van der Waals surface area contributed by atoms with Gasteiger partial charge in [-0.25, -0.2) is 4.79 Å². The van der Waals surface area contributed by atoms with Crippen molar-refractivity contribution in [3.63, 3.8) is 0 Å². The number of aliphatic hydroxyl groups excluding tert-OH is 1. The van der Waals surface area contributed by atoms with E-state index in [1.807, 2.05) is 37.4 Å². The van der Waals surface area contributed by atoms with Crippen molar-refractivity contribution in [1.82, 2.24) is 10.6 Å². The smallest absolute Gasteiger partial charge is 0.328 e. The molecule has 0 bridgehead atoms. The zero-order valence-electron chi connectivity index (χ0n) is 18.0. The lowest BCUT2D eigenvalue weighted by atomic mass is 9.77. The highest BCUT2D eigenvalue weighted by atomic mass is 35.5. The van der Waals surface area contributed by atoms with Gasteiger partial charge in [-0.1, -0.05) is 43.2 Å². The Hall–Kier alpha value is -1.63. The van der Waals surface area contributed by atoms with E-state index in [-0.39, 0.29) is 17.2 Å². The molecule has 0 aliphatic heterocycles. The van der Waals surface area contributed by atoms with Crippen LogP contribution in [0.3, 0.4) is 0 Å². The van der Waals surface area contributed by atoms with E-state index in [0.29, 0.717) is 19.3 Å². The third-order valence-corrected chi connectivity index (χ3v) is 6.46. The normalized spacial score (nSPS) is 24.8. The number of ether oxygens (including phenoxy) is 1. The Morgan fingerprint density at radius 1 is 1.20 bits per heavy atom. The van der Waals surface area contributed by atoms with Gasteiger partial charge < -0.3 is 20.5 Å². The monoisotopic (exact) mass is 438 g/mol. The van der Waals surface area contributed by atoms with Gasteiger partial charge in [-0.3, -0.25) is 4.79 Å². The Morgan fingerprint density at radius 3 is 2.60 bits per heavy atom. The number of hydrogen-bond acceptors (Lipinski definition) is 5. The summed E-state index contributed by atoms with van der Waals surface area (Å²) in [5.74, 6) is -1.25. The molecule has 168 valence electrons. The van der Waals surface area contributed by atoms with Gasteiger partial charge in [0.15, 0.2) is 0 Å². The molecule has 30 heavy (non-hydrogen) atoms. The summed E-state index contributed by atoms with van der Waals surface area (Å²) in [7, 11) is 3.25. The highest BCUT2D eigenvalue weighted by Gasteiger charge is 2.39. The van der Waals surface area contributed by atoms with Crippen LogP contribution >= 0.6 is 11.6 Å². The Morgan fingerprint density at radius 2 is 1.93 bits per heavy atom. The van der Waals surface area contributed by atoms with E-state index < -0.39 is 24.0 Å². The highest BCUT2D eigenvalue weighted by molar-refractivity contribution is 6.21. The van der Waals surface area contributed by atoms with Crippen LogP contribution in [-0.2, 0) is 20.7 Å². The minimum absolute atomic E-state index is 0.154. The number of halogens is 1. The number of unbranched alkanes of at least 4 members (excludes halogenated alkanes) is 2. The van der Waals surface area contributed by atoms with Crippen molar-refractivity contribution in [1.29, 1.82) is 0 Å². The Labute approximate surface area is 184 Å². The zero-order valence-corrected chi connectivity index (χ0v) is 18.7. The first kappa shape index (κ1) is 24.6. The van der Waals surface area contributed by atoms with E-state index in [4.69, 9.17) is 16.3 Å². The number of rotatable bonds is 11. The third-order valence-electron chi connectivity index (χ3n) is 5.92. The maximum Gasteiger partial charge on any atom is 0.328 e. The van der Waals surface area contributed by atoms with E-state index in [9.17, 15) is 14.7 Å². The molecule has 0 heterocycles. The first-order valence-electron chi connectivity index (χ1n) is 10.8. The molecule has 0 radical (unpaired) electrons. The number of hydrogen-bond donors (Lipinski definition) is 3. The second-order valence-electron chi connectivity index (χ2n) is 8.15. The molecule has 3 N–H and O–H groups in total. The van der Waals surface area contributed by atoms with Crippen molar-refractivity contribution in [3.8, 4) is 0 Å². The van der Waals surface area contributed by atoms with E-state index in [2.05, 4.69) is 10.6 Å². The molecule has 0 spiro atoms. The highest BCUT2D eigenvalue weighted by Crippen LogP contribution is 2.36. The molecular formula is C23H35ClN2O4. The predicted octanol–water partition coefficient (Wildman–Crippen LogP) is 2.66. The van der Waals surface area contributed by atoms with Crippen LogP contribution < -0.4 is 10.6 Å². The number of amides is 1. The molecule has 1 aliphatic rings. The average molecular weight is 439 g/mol. The summed E-state index contributed by atoms with van der Waals surface area (Å²) in [6.07, 6.45) is 4.79. The predicted molar refractivity (Wildman–Crippen MR) is 118 cm³/mol. The van der Waals surface area contributed by atoms with Crippen molar-refractivity contribution in [2.75, 3.05) is 20.7 Å². The molecule has 1 amide bonds. The van der Waals surface area contributed by atoms with Gasteiger partial charge >= 0.3 is 5.97 Å². The quantitative estimate of drug-likeness (QED) is 0.281. The molecule has 2 rings (SSSR count). The molecule has 1 aromatic carbocycles. The molecule has 0 aromatic heterocycles. The largest absolute Gasteiger partial charge is 0.467 e. The molecule has 1 aliphatic carbocycles. The summed E-state index contributed by atoms with van der Waals surface area (Å²) in [5, 5.41) is 16.4. The third kappa shape index (κ3) is 7.56. The lowest BCUT2D eigenvalue weighted by Gasteiger charge is -2.36. The first-order chi connectivity index (χ1) is 14.5. The summed E-state index contributed by atoms with van der Waals surface area (Å²) >= 11 is 6.59. The fourth-order valence-electron chi connectivity index (χ4n) is 4.14. The van der Waals surface area contributed by atoms with Gasteiger partial charge in [0.2, 0.25) is 5.91 Å². The molecule has 1 fully saturated rings. The van der Waals surface area contributed by atoms with Gasteiger partial charge in [0, 0.05) is 11.8 Å². The number of esters is 1. The van der Waals surface area contributed by atoms with Crippen LogP contribution in [0.2, 0.25) is 0 Å². The Balaban J connectivity index is 1.91. The summed E-state index contributed by atoms with van der Waals surface area (Å²) < 4.78 is 4.86. The summed E-state index contributed by atoms with van der Waals surface area (Å²) in [6, 6.07) is 8.66. The van der Waals surface area contributed by atoms with Gasteiger partial charge in [-0.05, 0) is 50.8 Å². The molecule has 6 nitrogen and oxygen atoms in total. The second kappa shape index (κ2) is 12.9. The van der Waals surface area contributed by atoms with Crippen LogP contribution in [0, 0.1) is 11.8 Å². The van der Waals surface area contributed by atoms with Crippen molar-refractivity contribution in [3.05, 3.63) is 35.9 Å². The number of alkyl halides is 1. The van der Waals surface area contributed by atoms with E-state index >= 15 is 0 Å². The average Bonchev–Trinajstić information content (AvgIpc) is 2.75. The van der Waals surface area contributed by atoms with Gasteiger partial charge in [0.05, 0.1) is 19.1 Å². The first-order valence-corrected chi connectivity index (χ1v) is 11.3. The number of methoxy groups -OCH3 is 1. The summed E-state index contributed by atoms with van der Waals surface area (Å²) in [6.45, 7) is 1.00. The fourth-order valence-corrected chi connectivity index (χ4v) is 4.56. The van der Waals surface area contributed by atoms with Crippen molar-refractivity contribution < 1.29 is 19.4 Å². The van der Waals surface area contributed by atoms with Crippen molar-refractivity contribution in [2.45, 2.75) is 62.5 Å². The zero-order chi connectivity index (χ0) is 21.9. The van der Waals surface area contributed by atoms with Gasteiger partial charge in [-0.15, -0.1) is 11.6 Å². The minimum atomic E-state index is -0.796. The van der Waals surface area contributed by atoms with Crippen LogP contribution in [0.5, 0.6) is 0 Å². The fraction of sp³-hybridized carbons (Fsp3) is 0.652. The second-order valence-corrected chi connectivity index (χ2v) is 8.71. The van der Waals surface area contributed by atoms with E-state index in [1.165, 1.54) is 7.11 Å². The van der Waals surface area contributed by atoms with Gasteiger partial charge in [0.1, 0.15) is 6.04 Å². The molecule has 1 saturated carbocycles. The maximum atomic E-state index is 12.9.